The molecule has 0 bridgehead atoms. The highest BCUT2D eigenvalue weighted by Crippen LogP contribution is 2.37. The zero-order chi connectivity index (χ0) is 18.1. The number of halogens is 1. The smallest absolute Gasteiger partial charge is 0.142 e. The van der Waals surface area contributed by atoms with Gasteiger partial charge in [-0.1, -0.05) is 54.6 Å². The van der Waals surface area contributed by atoms with Crippen molar-refractivity contribution in [1.29, 1.82) is 5.26 Å². The van der Waals surface area contributed by atoms with E-state index in [4.69, 9.17) is 5.73 Å². The second-order valence-electron chi connectivity index (χ2n) is 5.94. The predicted octanol–water partition coefficient (Wildman–Crippen LogP) is 5.16. The zero-order valence-corrected chi connectivity index (χ0v) is 13.8. The quantitative estimate of drug-likeness (QED) is 0.548. The highest BCUT2D eigenvalue weighted by atomic mass is 19.1. The van der Waals surface area contributed by atoms with E-state index in [0.717, 1.165) is 11.1 Å². The minimum Gasteiger partial charge on any atom is -0.383 e. The van der Waals surface area contributed by atoms with Gasteiger partial charge in [0.25, 0.3) is 0 Å². The number of pyridine rings is 1. The van der Waals surface area contributed by atoms with E-state index in [2.05, 4.69) is 11.1 Å². The second-order valence-corrected chi connectivity index (χ2v) is 5.94. The van der Waals surface area contributed by atoms with Gasteiger partial charge in [-0.25, -0.2) is 9.37 Å². The van der Waals surface area contributed by atoms with Crippen LogP contribution in [0.3, 0.4) is 0 Å². The van der Waals surface area contributed by atoms with E-state index < -0.39 is 5.82 Å². The first-order chi connectivity index (χ1) is 12.7. The maximum Gasteiger partial charge on any atom is 0.142 e. The van der Waals surface area contributed by atoms with Crippen LogP contribution in [0.1, 0.15) is 5.56 Å². The van der Waals surface area contributed by atoms with Crippen LogP contribution in [0.2, 0.25) is 0 Å². The third-order valence-corrected chi connectivity index (χ3v) is 4.38. The minimum atomic E-state index is -0.402. The number of hydrogen-bond donors (Lipinski definition) is 1. The fraction of sp³-hybridized carbons (Fsp3) is 0. The van der Waals surface area contributed by atoms with Crippen molar-refractivity contribution in [3.8, 4) is 28.3 Å². The molecule has 0 saturated carbocycles. The number of nitrogens with zero attached hydrogens (tertiary/aromatic N) is 2. The lowest BCUT2D eigenvalue weighted by Crippen LogP contribution is -2.00. The molecule has 0 fully saturated rings. The standard InChI is InChI=1S/C22H14FN3/c23-19-9-5-4-8-16(19)21-17-12-15(14-6-2-1-3-7-14)10-11-20(17)26-22(25)18(21)13-24/h1-12H,(H2,25,26). The molecule has 2 N–H and O–H groups in total. The van der Waals surface area contributed by atoms with Crippen LogP contribution in [0.25, 0.3) is 33.2 Å². The Morgan fingerprint density at radius 3 is 2.35 bits per heavy atom. The van der Waals surface area contributed by atoms with Crippen LogP contribution < -0.4 is 5.73 Å². The molecule has 0 saturated heterocycles. The third kappa shape index (κ3) is 2.56. The highest BCUT2D eigenvalue weighted by Gasteiger charge is 2.18. The number of nitriles is 1. The molecule has 3 aromatic carbocycles. The average molecular weight is 339 g/mol. The normalized spacial score (nSPS) is 10.6. The van der Waals surface area contributed by atoms with Crippen molar-refractivity contribution in [3.63, 3.8) is 0 Å². The molecule has 1 heterocycles. The first kappa shape index (κ1) is 15.8. The Bertz CT molecular complexity index is 1160. The Kier molecular flexibility index (Phi) is 3.83. The van der Waals surface area contributed by atoms with Gasteiger partial charge in [-0.05, 0) is 29.3 Å². The zero-order valence-electron chi connectivity index (χ0n) is 13.8. The van der Waals surface area contributed by atoms with E-state index in [-0.39, 0.29) is 11.4 Å². The van der Waals surface area contributed by atoms with Crippen molar-refractivity contribution in [2.75, 3.05) is 5.73 Å². The molecule has 0 aliphatic heterocycles. The summed E-state index contributed by atoms with van der Waals surface area (Å²) in [4.78, 5) is 4.33. The highest BCUT2D eigenvalue weighted by molar-refractivity contribution is 6.01. The molecule has 0 aliphatic carbocycles. The first-order valence-electron chi connectivity index (χ1n) is 8.12. The Morgan fingerprint density at radius 1 is 0.885 bits per heavy atom. The van der Waals surface area contributed by atoms with E-state index in [1.807, 2.05) is 48.5 Å². The molecular weight excluding hydrogens is 325 g/mol. The van der Waals surface area contributed by atoms with Gasteiger partial charge < -0.3 is 5.73 Å². The lowest BCUT2D eigenvalue weighted by molar-refractivity contribution is 0.631. The Hall–Kier alpha value is -3.71. The first-order valence-corrected chi connectivity index (χ1v) is 8.12. The fourth-order valence-electron chi connectivity index (χ4n) is 3.15. The minimum absolute atomic E-state index is 0.103. The number of rotatable bonds is 2. The van der Waals surface area contributed by atoms with Crippen LogP contribution in [-0.4, -0.2) is 4.98 Å². The number of nitrogen functional groups attached to an aromatic ring is 1. The lowest BCUT2D eigenvalue weighted by Gasteiger charge is -2.13. The molecule has 124 valence electrons. The van der Waals surface area contributed by atoms with Crippen LogP contribution in [0.4, 0.5) is 10.2 Å². The molecule has 4 rings (SSSR count). The van der Waals surface area contributed by atoms with E-state index in [1.165, 1.54) is 6.07 Å². The number of aromatic nitrogens is 1. The van der Waals surface area contributed by atoms with Crippen LogP contribution in [-0.2, 0) is 0 Å². The molecule has 4 heteroatoms. The summed E-state index contributed by atoms with van der Waals surface area (Å²) in [6, 6.07) is 24.1. The van der Waals surface area contributed by atoms with Crippen molar-refractivity contribution >= 4 is 16.7 Å². The predicted molar refractivity (Wildman–Crippen MR) is 102 cm³/mol. The van der Waals surface area contributed by atoms with Crippen molar-refractivity contribution in [1.82, 2.24) is 4.98 Å². The number of anilines is 1. The molecule has 1 aromatic heterocycles. The van der Waals surface area contributed by atoms with Crippen LogP contribution >= 0.6 is 0 Å². The van der Waals surface area contributed by atoms with Crippen molar-refractivity contribution < 1.29 is 4.39 Å². The Balaban J connectivity index is 2.10. The number of benzene rings is 3. The molecule has 0 radical (unpaired) electrons. The van der Waals surface area contributed by atoms with Gasteiger partial charge >= 0.3 is 0 Å². The summed E-state index contributed by atoms with van der Waals surface area (Å²) in [5.41, 5.74) is 9.61. The third-order valence-electron chi connectivity index (χ3n) is 4.38. The molecular formula is C22H14FN3. The number of hydrogen-bond acceptors (Lipinski definition) is 3. The molecule has 26 heavy (non-hydrogen) atoms. The van der Waals surface area contributed by atoms with Gasteiger partial charge in [-0.15, -0.1) is 0 Å². The van der Waals surface area contributed by atoms with Crippen LogP contribution in [0.5, 0.6) is 0 Å². The summed E-state index contributed by atoms with van der Waals surface area (Å²) in [6.45, 7) is 0. The van der Waals surface area contributed by atoms with E-state index >= 15 is 0 Å². The van der Waals surface area contributed by atoms with Crippen molar-refractivity contribution in [2.45, 2.75) is 0 Å². The summed E-state index contributed by atoms with van der Waals surface area (Å²) in [7, 11) is 0. The number of fused-ring (bicyclic) bond motifs is 1. The molecule has 0 amide bonds. The molecule has 0 unspecified atom stereocenters. The molecule has 4 aromatic rings. The maximum absolute atomic E-state index is 14.5. The van der Waals surface area contributed by atoms with Crippen molar-refractivity contribution in [3.05, 3.63) is 84.2 Å². The summed E-state index contributed by atoms with van der Waals surface area (Å²) >= 11 is 0. The summed E-state index contributed by atoms with van der Waals surface area (Å²) in [5, 5.41) is 10.3. The molecule has 0 atom stereocenters. The second kappa shape index (κ2) is 6.30. The SMILES string of the molecule is N#Cc1c(N)nc2ccc(-c3ccccc3)cc2c1-c1ccccc1F. The van der Waals surface area contributed by atoms with E-state index in [9.17, 15) is 9.65 Å². The summed E-state index contributed by atoms with van der Waals surface area (Å²) in [6.07, 6.45) is 0. The van der Waals surface area contributed by atoms with Gasteiger partial charge in [-0.2, -0.15) is 5.26 Å². The largest absolute Gasteiger partial charge is 0.383 e. The fourth-order valence-corrected chi connectivity index (χ4v) is 3.15. The van der Waals surface area contributed by atoms with Gasteiger partial charge in [0.2, 0.25) is 0 Å². The number of nitrogens with two attached hydrogens (primary N) is 1. The average Bonchev–Trinajstić information content (AvgIpc) is 2.68. The van der Waals surface area contributed by atoms with Gasteiger partial charge in [0.05, 0.1) is 5.52 Å². The maximum atomic E-state index is 14.5. The van der Waals surface area contributed by atoms with Crippen LogP contribution in [0, 0.1) is 17.1 Å². The lowest BCUT2D eigenvalue weighted by atomic mass is 9.93. The van der Waals surface area contributed by atoms with E-state index in [1.54, 1.807) is 18.2 Å². The molecule has 0 spiro atoms. The van der Waals surface area contributed by atoms with Gasteiger partial charge in [0.1, 0.15) is 23.3 Å². The van der Waals surface area contributed by atoms with Crippen molar-refractivity contribution in [2.24, 2.45) is 0 Å². The Morgan fingerprint density at radius 2 is 1.62 bits per heavy atom. The van der Waals surface area contributed by atoms with Gasteiger partial charge in [0.15, 0.2) is 0 Å². The summed E-state index contributed by atoms with van der Waals surface area (Å²) < 4.78 is 14.5. The monoisotopic (exact) mass is 339 g/mol. The molecule has 3 nitrogen and oxygen atoms in total. The van der Waals surface area contributed by atoms with Gasteiger partial charge in [-0.3, -0.25) is 0 Å². The summed E-state index contributed by atoms with van der Waals surface area (Å²) in [5.74, 6) is -0.299. The van der Waals surface area contributed by atoms with Crippen LogP contribution in [0.15, 0.2) is 72.8 Å². The topological polar surface area (TPSA) is 62.7 Å². The molecule has 0 aliphatic rings. The van der Waals surface area contributed by atoms with Gasteiger partial charge in [0, 0.05) is 16.5 Å². The van der Waals surface area contributed by atoms with E-state index in [0.29, 0.717) is 22.0 Å². The Labute approximate surface area is 150 Å².